The maximum Gasteiger partial charge on any atom is 0.240 e. The van der Waals surface area contributed by atoms with Crippen LogP contribution in [0.4, 0.5) is 5.95 Å². The van der Waals surface area contributed by atoms with Crippen LogP contribution in [-0.2, 0) is 11.8 Å². The number of likely N-dealkylation sites (tertiary alicyclic amines) is 1. The molecule has 1 aromatic rings. The van der Waals surface area contributed by atoms with Gasteiger partial charge >= 0.3 is 0 Å². The van der Waals surface area contributed by atoms with Gasteiger partial charge in [-0.25, -0.2) is 4.98 Å². The van der Waals surface area contributed by atoms with E-state index in [1.54, 1.807) is 6.20 Å². The van der Waals surface area contributed by atoms with Crippen LogP contribution in [0, 0.1) is 0 Å². The van der Waals surface area contributed by atoms with Gasteiger partial charge in [0.1, 0.15) is 0 Å². The van der Waals surface area contributed by atoms with Crippen molar-refractivity contribution in [1.29, 1.82) is 0 Å². The minimum absolute atomic E-state index is 0.0321. The molecule has 1 unspecified atom stereocenters. The van der Waals surface area contributed by atoms with Crippen molar-refractivity contribution >= 4 is 11.9 Å². The van der Waals surface area contributed by atoms with Crippen LogP contribution in [-0.4, -0.2) is 39.5 Å². The van der Waals surface area contributed by atoms with Gasteiger partial charge in [0.2, 0.25) is 11.9 Å². The van der Waals surface area contributed by atoms with Gasteiger partial charge in [-0.05, 0) is 25.8 Å². The van der Waals surface area contributed by atoms with Gasteiger partial charge in [-0.15, -0.1) is 0 Å². The monoisotopic (exact) mass is 250 g/mol. The number of anilines is 1. The molecule has 5 nitrogen and oxygen atoms in total. The molecule has 0 aliphatic carbocycles. The Morgan fingerprint density at radius 2 is 2.39 bits per heavy atom. The smallest absolute Gasteiger partial charge is 0.240 e. The largest absolute Gasteiger partial charge is 0.320 e. The van der Waals surface area contributed by atoms with Crippen LogP contribution < -0.4 is 5.32 Å². The summed E-state index contributed by atoms with van der Waals surface area (Å²) in [7, 11) is 1.87. The number of piperidine rings is 1. The van der Waals surface area contributed by atoms with E-state index < -0.39 is 0 Å². The van der Waals surface area contributed by atoms with Crippen LogP contribution in [0.15, 0.2) is 12.4 Å². The van der Waals surface area contributed by atoms with Gasteiger partial charge in [-0.3, -0.25) is 15.0 Å². The fourth-order valence-corrected chi connectivity index (χ4v) is 2.57. The zero-order valence-electron chi connectivity index (χ0n) is 11.2. The molecule has 1 amide bonds. The molecule has 1 N–H and O–H groups in total. The fourth-order valence-electron chi connectivity index (χ4n) is 2.57. The Hall–Kier alpha value is -1.36. The molecule has 2 heterocycles. The summed E-state index contributed by atoms with van der Waals surface area (Å²) in [4.78, 5) is 18.4. The number of aryl methyl sites for hydroxylation is 1. The first-order chi connectivity index (χ1) is 8.70. The molecular weight excluding hydrogens is 228 g/mol. The molecule has 1 aromatic heterocycles. The number of imidazole rings is 1. The van der Waals surface area contributed by atoms with Gasteiger partial charge in [0.25, 0.3) is 0 Å². The first-order valence-electron chi connectivity index (χ1n) is 6.72. The second-order valence-corrected chi connectivity index (χ2v) is 4.94. The Morgan fingerprint density at radius 3 is 3.06 bits per heavy atom. The molecule has 0 saturated carbocycles. The summed E-state index contributed by atoms with van der Waals surface area (Å²) >= 11 is 0. The fraction of sp³-hybridized carbons (Fsp3) is 0.692. The quantitative estimate of drug-likeness (QED) is 0.883. The zero-order chi connectivity index (χ0) is 13.0. The molecule has 0 bridgehead atoms. The molecule has 1 fully saturated rings. The highest BCUT2D eigenvalue weighted by Gasteiger charge is 2.22. The Balaban J connectivity index is 1.88. The van der Waals surface area contributed by atoms with Gasteiger partial charge < -0.3 is 4.57 Å². The highest BCUT2D eigenvalue weighted by Crippen LogP contribution is 2.19. The minimum atomic E-state index is 0.0321. The first kappa shape index (κ1) is 13.1. The van der Waals surface area contributed by atoms with Crippen molar-refractivity contribution in [3.63, 3.8) is 0 Å². The van der Waals surface area contributed by atoms with Crippen LogP contribution >= 0.6 is 0 Å². The van der Waals surface area contributed by atoms with E-state index in [4.69, 9.17) is 0 Å². The summed E-state index contributed by atoms with van der Waals surface area (Å²) in [5, 5.41) is 2.85. The lowest BCUT2D eigenvalue weighted by molar-refractivity contribution is -0.118. The molecule has 0 spiro atoms. The number of nitrogens with one attached hydrogen (secondary N) is 1. The molecule has 1 aliphatic rings. The standard InChI is InChI=1S/C13H22N4O/c1-3-11-6-4-5-8-17(11)10-12(18)15-13-14-7-9-16(13)2/h7,9,11H,3-6,8,10H2,1-2H3,(H,14,15,18). The van der Waals surface area contributed by atoms with E-state index in [9.17, 15) is 4.79 Å². The number of nitrogens with zero attached hydrogens (tertiary/aromatic N) is 3. The Labute approximate surface area is 108 Å². The number of hydrogen-bond donors (Lipinski definition) is 1. The summed E-state index contributed by atoms with van der Waals surface area (Å²) in [6, 6.07) is 0.561. The number of amides is 1. The number of carbonyl (C=O) groups excluding carboxylic acids is 1. The van der Waals surface area contributed by atoms with Crippen LogP contribution in [0.1, 0.15) is 32.6 Å². The van der Waals surface area contributed by atoms with E-state index in [2.05, 4.69) is 22.1 Å². The van der Waals surface area contributed by atoms with E-state index in [-0.39, 0.29) is 5.91 Å². The third-order valence-corrected chi connectivity index (χ3v) is 3.64. The highest BCUT2D eigenvalue weighted by atomic mass is 16.2. The van der Waals surface area contributed by atoms with Gasteiger partial charge in [-0.1, -0.05) is 13.3 Å². The van der Waals surface area contributed by atoms with Crippen LogP contribution in [0.2, 0.25) is 0 Å². The number of rotatable bonds is 4. The third-order valence-electron chi connectivity index (χ3n) is 3.64. The molecule has 5 heteroatoms. The van der Waals surface area contributed by atoms with E-state index >= 15 is 0 Å². The van der Waals surface area contributed by atoms with Crippen molar-refractivity contribution in [2.45, 2.75) is 38.6 Å². The van der Waals surface area contributed by atoms with Crippen molar-refractivity contribution in [3.05, 3.63) is 12.4 Å². The SMILES string of the molecule is CCC1CCCCN1CC(=O)Nc1nccn1C. The topological polar surface area (TPSA) is 50.2 Å². The predicted octanol–water partition coefficient (Wildman–Crippen LogP) is 1.62. The maximum atomic E-state index is 12.0. The maximum absolute atomic E-state index is 12.0. The van der Waals surface area contributed by atoms with E-state index in [1.807, 2.05) is 17.8 Å². The lowest BCUT2D eigenvalue weighted by Crippen LogP contribution is -2.43. The van der Waals surface area contributed by atoms with Crippen molar-refractivity contribution < 1.29 is 4.79 Å². The van der Waals surface area contributed by atoms with E-state index in [1.165, 1.54) is 19.3 Å². The zero-order valence-corrected chi connectivity index (χ0v) is 11.2. The Kier molecular flexibility index (Phi) is 4.36. The van der Waals surface area contributed by atoms with Crippen LogP contribution in [0.3, 0.4) is 0 Å². The first-order valence-corrected chi connectivity index (χ1v) is 6.72. The molecule has 1 saturated heterocycles. The molecule has 18 heavy (non-hydrogen) atoms. The predicted molar refractivity (Wildman–Crippen MR) is 71.3 cm³/mol. The van der Waals surface area contributed by atoms with Gasteiger partial charge in [0, 0.05) is 25.5 Å². The molecule has 1 atom stereocenters. The van der Waals surface area contributed by atoms with Crippen LogP contribution in [0.25, 0.3) is 0 Å². The minimum Gasteiger partial charge on any atom is -0.320 e. The molecule has 2 rings (SSSR count). The van der Waals surface area contributed by atoms with Gasteiger partial charge in [0.15, 0.2) is 0 Å². The Morgan fingerprint density at radius 1 is 1.56 bits per heavy atom. The van der Waals surface area contributed by atoms with Crippen molar-refractivity contribution in [1.82, 2.24) is 14.5 Å². The average molecular weight is 250 g/mol. The normalized spacial score (nSPS) is 20.9. The summed E-state index contributed by atoms with van der Waals surface area (Å²) in [6.07, 6.45) is 8.33. The second kappa shape index (κ2) is 6.00. The van der Waals surface area contributed by atoms with Crippen molar-refractivity contribution in [3.8, 4) is 0 Å². The highest BCUT2D eigenvalue weighted by molar-refractivity contribution is 5.90. The number of aromatic nitrogens is 2. The number of carbonyl (C=O) groups is 1. The summed E-state index contributed by atoms with van der Waals surface area (Å²) in [5.41, 5.74) is 0. The average Bonchev–Trinajstić information content (AvgIpc) is 2.75. The van der Waals surface area contributed by atoms with Gasteiger partial charge in [-0.2, -0.15) is 0 Å². The van der Waals surface area contributed by atoms with Crippen molar-refractivity contribution in [2.24, 2.45) is 7.05 Å². The van der Waals surface area contributed by atoms with Gasteiger partial charge in [0.05, 0.1) is 6.54 Å². The van der Waals surface area contributed by atoms with E-state index in [0.717, 1.165) is 13.0 Å². The molecular formula is C13H22N4O. The number of hydrogen-bond acceptors (Lipinski definition) is 3. The molecule has 1 aliphatic heterocycles. The van der Waals surface area contributed by atoms with Crippen LogP contribution in [0.5, 0.6) is 0 Å². The summed E-state index contributed by atoms with van der Waals surface area (Å²) < 4.78 is 1.81. The molecule has 0 radical (unpaired) electrons. The molecule has 0 aromatic carbocycles. The van der Waals surface area contributed by atoms with E-state index in [0.29, 0.717) is 18.5 Å². The second-order valence-electron chi connectivity index (χ2n) is 4.94. The lowest BCUT2D eigenvalue weighted by Gasteiger charge is -2.34. The molecule has 100 valence electrons. The lowest BCUT2D eigenvalue weighted by atomic mass is 10.0. The summed E-state index contributed by atoms with van der Waals surface area (Å²) in [5.74, 6) is 0.648. The Bertz CT molecular complexity index is 401. The summed E-state index contributed by atoms with van der Waals surface area (Å²) in [6.45, 7) is 3.71. The van der Waals surface area contributed by atoms with Crippen molar-refractivity contribution in [2.75, 3.05) is 18.4 Å². The third kappa shape index (κ3) is 3.10.